The van der Waals surface area contributed by atoms with E-state index in [1.54, 1.807) is 0 Å². The highest BCUT2D eigenvalue weighted by Crippen LogP contribution is 2.07. The molecule has 0 aliphatic rings. The fraction of sp³-hybridized carbons (Fsp3) is 0.125. The first kappa shape index (κ1) is 11.6. The van der Waals surface area contributed by atoms with E-state index in [1.165, 1.54) is 29.2 Å². The minimum atomic E-state index is -3.75. The second-order valence-corrected chi connectivity index (χ2v) is 4.55. The first-order chi connectivity index (χ1) is 6.94. The van der Waals surface area contributed by atoms with Gasteiger partial charge in [0.25, 0.3) is 0 Å². The molecule has 3 N–H and O–H groups in total. The van der Waals surface area contributed by atoms with Crippen LogP contribution in [0.5, 0.6) is 0 Å². The number of carbonyl (C=O) groups is 1. The van der Waals surface area contributed by atoms with Crippen LogP contribution >= 0.6 is 0 Å². The number of hydrogen-bond donors (Lipinski definition) is 3. The van der Waals surface area contributed by atoms with Crippen molar-refractivity contribution in [1.82, 2.24) is 4.89 Å². The molecule has 7 heteroatoms. The van der Waals surface area contributed by atoms with Crippen molar-refractivity contribution in [3.8, 4) is 0 Å². The Hall–Kier alpha value is -1.44. The predicted octanol–water partition coefficient (Wildman–Crippen LogP) is 0.193. The highest BCUT2D eigenvalue weighted by atomic mass is 32.2. The lowest BCUT2D eigenvalue weighted by molar-refractivity contribution is 0.0697. The van der Waals surface area contributed by atoms with Crippen LogP contribution in [0.1, 0.15) is 15.9 Å². The molecule has 0 amide bonds. The SMILES string of the molecule is O=C(O)c1ccc(CS(=O)(=O)NO)cc1. The van der Waals surface area contributed by atoms with Crippen molar-refractivity contribution >= 4 is 16.0 Å². The summed E-state index contributed by atoms with van der Waals surface area (Å²) < 4.78 is 21.8. The van der Waals surface area contributed by atoms with Crippen LogP contribution in [0.4, 0.5) is 0 Å². The van der Waals surface area contributed by atoms with Crippen LogP contribution in [0.25, 0.3) is 0 Å². The van der Waals surface area contributed by atoms with Crippen LogP contribution in [-0.2, 0) is 15.8 Å². The van der Waals surface area contributed by atoms with E-state index in [2.05, 4.69) is 0 Å². The van der Waals surface area contributed by atoms with Crippen molar-refractivity contribution in [2.24, 2.45) is 0 Å². The molecule has 1 rings (SSSR count). The Bertz CT molecular complexity index is 450. The number of carboxylic acids is 1. The summed E-state index contributed by atoms with van der Waals surface area (Å²) in [5.41, 5.74) is 0.467. The van der Waals surface area contributed by atoms with Gasteiger partial charge >= 0.3 is 5.97 Å². The minimum Gasteiger partial charge on any atom is -0.478 e. The van der Waals surface area contributed by atoms with Gasteiger partial charge in [0.05, 0.1) is 11.3 Å². The third kappa shape index (κ3) is 3.31. The van der Waals surface area contributed by atoms with Gasteiger partial charge < -0.3 is 10.3 Å². The highest BCUT2D eigenvalue weighted by Gasteiger charge is 2.10. The molecule has 15 heavy (non-hydrogen) atoms. The number of hydrogen-bond acceptors (Lipinski definition) is 4. The minimum absolute atomic E-state index is 0.0769. The molecular formula is C8H9NO5S. The van der Waals surface area contributed by atoms with E-state index in [-0.39, 0.29) is 5.56 Å². The first-order valence-electron chi connectivity index (χ1n) is 3.90. The molecule has 0 aromatic heterocycles. The Balaban J connectivity index is 2.86. The average molecular weight is 231 g/mol. The van der Waals surface area contributed by atoms with Crippen molar-refractivity contribution in [3.63, 3.8) is 0 Å². The summed E-state index contributed by atoms with van der Waals surface area (Å²) in [6.07, 6.45) is 0. The van der Waals surface area contributed by atoms with Crippen LogP contribution in [0.2, 0.25) is 0 Å². The summed E-state index contributed by atoms with van der Waals surface area (Å²) in [6.45, 7) is 0. The van der Waals surface area contributed by atoms with E-state index in [0.717, 1.165) is 0 Å². The van der Waals surface area contributed by atoms with Gasteiger partial charge in [0.15, 0.2) is 0 Å². The zero-order valence-electron chi connectivity index (χ0n) is 7.54. The molecule has 0 atom stereocenters. The molecule has 1 aromatic rings. The molecule has 0 spiro atoms. The normalized spacial score (nSPS) is 11.3. The van der Waals surface area contributed by atoms with Crippen molar-refractivity contribution < 1.29 is 23.5 Å². The van der Waals surface area contributed by atoms with Gasteiger partial charge in [-0.15, -0.1) is 0 Å². The topological polar surface area (TPSA) is 104 Å². The van der Waals surface area contributed by atoms with Gasteiger partial charge in [0, 0.05) is 0 Å². The lowest BCUT2D eigenvalue weighted by Gasteiger charge is -2.01. The molecule has 0 saturated heterocycles. The molecule has 0 aliphatic heterocycles. The first-order valence-corrected chi connectivity index (χ1v) is 5.55. The van der Waals surface area contributed by atoms with Gasteiger partial charge in [-0.25, -0.2) is 13.2 Å². The van der Waals surface area contributed by atoms with Crippen LogP contribution in [0.3, 0.4) is 0 Å². The van der Waals surface area contributed by atoms with Crippen LogP contribution in [0.15, 0.2) is 24.3 Å². The van der Waals surface area contributed by atoms with E-state index in [9.17, 15) is 13.2 Å². The number of benzene rings is 1. The largest absolute Gasteiger partial charge is 0.478 e. The highest BCUT2D eigenvalue weighted by molar-refractivity contribution is 7.88. The zero-order chi connectivity index (χ0) is 11.5. The zero-order valence-corrected chi connectivity index (χ0v) is 8.36. The van der Waals surface area contributed by atoms with E-state index < -0.39 is 21.7 Å². The smallest absolute Gasteiger partial charge is 0.335 e. The standard InChI is InChI=1S/C8H9NO5S/c10-8(11)7-3-1-6(2-4-7)5-15(13,14)9-12/h1-4,9,12H,5H2,(H,10,11). The summed E-state index contributed by atoms with van der Waals surface area (Å²) in [5.74, 6) is -1.48. The fourth-order valence-corrected chi connectivity index (χ4v) is 1.69. The molecular weight excluding hydrogens is 222 g/mol. The van der Waals surface area contributed by atoms with E-state index >= 15 is 0 Å². The number of carboxylic acid groups (broad SMARTS) is 1. The molecule has 0 aliphatic carbocycles. The van der Waals surface area contributed by atoms with Crippen LogP contribution in [-0.4, -0.2) is 24.7 Å². The molecule has 1 aromatic carbocycles. The van der Waals surface area contributed by atoms with Crippen molar-refractivity contribution in [2.45, 2.75) is 5.75 Å². The molecule has 6 nitrogen and oxygen atoms in total. The van der Waals surface area contributed by atoms with Crippen molar-refractivity contribution in [1.29, 1.82) is 0 Å². The maximum atomic E-state index is 10.9. The van der Waals surface area contributed by atoms with Gasteiger partial charge in [-0.2, -0.15) is 0 Å². The van der Waals surface area contributed by atoms with Gasteiger partial charge in [-0.05, 0) is 17.7 Å². The lowest BCUT2D eigenvalue weighted by atomic mass is 10.1. The van der Waals surface area contributed by atoms with Crippen LogP contribution < -0.4 is 4.89 Å². The Kier molecular flexibility index (Phi) is 3.40. The second-order valence-electron chi connectivity index (χ2n) is 2.85. The average Bonchev–Trinajstić information content (AvgIpc) is 2.18. The predicted molar refractivity (Wildman–Crippen MR) is 50.9 cm³/mol. The third-order valence-electron chi connectivity index (χ3n) is 1.70. The maximum absolute atomic E-state index is 10.9. The monoisotopic (exact) mass is 231 g/mol. The summed E-state index contributed by atoms with van der Waals surface area (Å²) in [4.78, 5) is 11.7. The van der Waals surface area contributed by atoms with Crippen LogP contribution in [0, 0.1) is 0 Å². The quantitative estimate of drug-likeness (QED) is 0.642. The van der Waals surface area contributed by atoms with Gasteiger partial charge in [-0.3, -0.25) is 0 Å². The Morgan fingerprint density at radius 1 is 1.27 bits per heavy atom. The Morgan fingerprint density at radius 2 is 1.80 bits per heavy atom. The summed E-state index contributed by atoms with van der Waals surface area (Å²) >= 11 is 0. The van der Waals surface area contributed by atoms with E-state index in [1.807, 2.05) is 0 Å². The van der Waals surface area contributed by atoms with E-state index in [0.29, 0.717) is 5.56 Å². The summed E-state index contributed by atoms with van der Waals surface area (Å²) in [5, 5.41) is 16.8. The molecule has 0 bridgehead atoms. The molecule has 0 radical (unpaired) electrons. The molecule has 0 saturated carbocycles. The number of sulfonamides is 1. The molecule has 0 unspecified atom stereocenters. The summed E-state index contributed by atoms with van der Waals surface area (Å²) in [7, 11) is -3.75. The maximum Gasteiger partial charge on any atom is 0.335 e. The molecule has 0 fully saturated rings. The second kappa shape index (κ2) is 4.39. The fourth-order valence-electron chi connectivity index (χ4n) is 0.995. The number of aromatic carboxylic acids is 1. The number of rotatable bonds is 4. The molecule has 0 heterocycles. The lowest BCUT2D eigenvalue weighted by Crippen LogP contribution is -2.21. The number of nitrogens with one attached hydrogen (secondary N) is 1. The Morgan fingerprint density at radius 3 is 2.20 bits per heavy atom. The van der Waals surface area contributed by atoms with Gasteiger partial charge in [0.1, 0.15) is 0 Å². The molecule has 82 valence electrons. The summed E-state index contributed by atoms with van der Waals surface area (Å²) in [6, 6.07) is 5.34. The van der Waals surface area contributed by atoms with Crippen molar-refractivity contribution in [3.05, 3.63) is 35.4 Å². The van der Waals surface area contributed by atoms with Gasteiger partial charge in [-0.1, -0.05) is 17.0 Å². The third-order valence-corrected chi connectivity index (χ3v) is 2.69. The van der Waals surface area contributed by atoms with Gasteiger partial charge in [0.2, 0.25) is 10.0 Å². The van der Waals surface area contributed by atoms with E-state index in [4.69, 9.17) is 10.3 Å². The van der Waals surface area contributed by atoms with Crippen molar-refractivity contribution in [2.75, 3.05) is 0 Å². The Labute approximate surface area is 86.2 Å².